The molecule has 0 aliphatic heterocycles. The van der Waals surface area contributed by atoms with Crippen LogP contribution in [0.25, 0.3) is 0 Å². The summed E-state index contributed by atoms with van der Waals surface area (Å²) in [5.41, 5.74) is 5.60. The van der Waals surface area contributed by atoms with E-state index >= 15 is 0 Å². The second kappa shape index (κ2) is 7.51. The van der Waals surface area contributed by atoms with Crippen LogP contribution in [0.2, 0.25) is 0 Å². The Morgan fingerprint density at radius 3 is 2.23 bits per heavy atom. The van der Waals surface area contributed by atoms with Crippen molar-refractivity contribution in [2.45, 2.75) is 46.1 Å². The van der Waals surface area contributed by atoms with Gasteiger partial charge in [-0.1, -0.05) is 13.8 Å². The van der Waals surface area contributed by atoms with Gasteiger partial charge in [-0.3, -0.25) is 4.21 Å². The first-order valence-corrected chi connectivity index (χ1v) is 6.61. The molecule has 0 saturated heterocycles. The highest BCUT2D eigenvalue weighted by Crippen LogP contribution is 2.03. The van der Waals surface area contributed by atoms with Crippen molar-refractivity contribution < 1.29 is 4.21 Å². The van der Waals surface area contributed by atoms with Crippen molar-refractivity contribution in [3.8, 4) is 0 Å². The maximum Gasteiger partial charge on any atom is 0.0237 e. The molecule has 13 heavy (non-hydrogen) atoms. The Labute approximate surface area is 84.7 Å². The molecule has 0 aliphatic rings. The summed E-state index contributed by atoms with van der Waals surface area (Å²) in [6.07, 6.45) is 3.07. The Hall–Kier alpha value is 0.110. The third-order valence-corrected chi connectivity index (χ3v) is 3.39. The molecule has 0 aromatic rings. The molecule has 0 rings (SSSR count). The topological polar surface area (TPSA) is 43.1 Å². The fourth-order valence-corrected chi connectivity index (χ4v) is 2.46. The van der Waals surface area contributed by atoms with Crippen molar-refractivity contribution in [2.75, 3.05) is 11.5 Å². The molecule has 2 unspecified atom stereocenters. The molecule has 2 N–H and O–H groups in total. The van der Waals surface area contributed by atoms with Crippen molar-refractivity contribution >= 4 is 10.8 Å². The molecule has 0 bridgehead atoms. The van der Waals surface area contributed by atoms with Gasteiger partial charge in [0.25, 0.3) is 0 Å². The van der Waals surface area contributed by atoms with Crippen molar-refractivity contribution in [3.63, 3.8) is 0 Å². The molecule has 0 aromatic heterocycles. The van der Waals surface area contributed by atoms with Crippen LogP contribution in [0.3, 0.4) is 0 Å². The lowest BCUT2D eigenvalue weighted by atomic mass is 10.2. The second-order valence-corrected chi connectivity index (χ2v) is 5.85. The van der Waals surface area contributed by atoms with Crippen LogP contribution in [-0.2, 0) is 10.8 Å². The quantitative estimate of drug-likeness (QED) is 0.690. The first-order chi connectivity index (χ1) is 6.02. The van der Waals surface area contributed by atoms with E-state index in [0.717, 1.165) is 30.8 Å². The molecule has 0 heterocycles. The van der Waals surface area contributed by atoms with E-state index in [2.05, 4.69) is 13.8 Å². The summed E-state index contributed by atoms with van der Waals surface area (Å²) in [5, 5.41) is 0. The SMILES string of the molecule is CC(C)CCS(=O)CCCC(C)N. The first kappa shape index (κ1) is 13.1. The summed E-state index contributed by atoms with van der Waals surface area (Å²) in [4.78, 5) is 0. The number of hydrogen-bond acceptors (Lipinski definition) is 2. The van der Waals surface area contributed by atoms with Gasteiger partial charge in [0.2, 0.25) is 0 Å². The highest BCUT2D eigenvalue weighted by atomic mass is 32.2. The van der Waals surface area contributed by atoms with Gasteiger partial charge in [-0.05, 0) is 32.1 Å². The number of nitrogens with two attached hydrogens (primary N) is 1. The van der Waals surface area contributed by atoms with Gasteiger partial charge < -0.3 is 5.73 Å². The summed E-state index contributed by atoms with van der Waals surface area (Å²) in [5.74, 6) is 2.35. The normalized spacial score (nSPS) is 16.1. The van der Waals surface area contributed by atoms with Crippen LogP contribution in [0.15, 0.2) is 0 Å². The fraction of sp³-hybridized carbons (Fsp3) is 1.00. The molecule has 0 amide bonds. The number of hydrogen-bond donors (Lipinski definition) is 1. The predicted molar refractivity (Wildman–Crippen MR) is 60.2 cm³/mol. The lowest BCUT2D eigenvalue weighted by Gasteiger charge is -2.06. The van der Waals surface area contributed by atoms with Gasteiger partial charge in [0.1, 0.15) is 0 Å². The van der Waals surface area contributed by atoms with Crippen LogP contribution >= 0.6 is 0 Å². The Bertz CT molecular complexity index is 146. The zero-order valence-corrected chi connectivity index (χ0v) is 9.90. The summed E-state index contributed by atoms with van der Waals surface area (Å²) >= 11 is 0. The van der Waals surface area contributed by atoms with Gasteiger partial charge in [-0.25, -0.2) is 0 Å². The summed E-state index contributed by atoms with van der Waals surface area (Å²) in [6.45, 7) is 6.33. The maximum absolute atomic E-state index is 11.4. The van der Waals surface area contributed by atoms with Crippen LogP contribution < -0.4 is 5.73 Å². The van der Waals surface area contributed by atoms with Gasteiger partial charge in [-0.15, -0.1) is 0 Å². The second-order valence-electron chi connectivity index (χ2n) is 4.15. The minimum Gasteiger partial charge on any atom is -0.328 e. The molecule has 80 valence electrons. The van der Waals surface area contributed by atoms with E-state index in [-0.39, 0.29) is 6.04 Å². The van der Waals surface area contributed by atoms with Crippen LogP contribution in [0.1, 0.15) is 40.0 Å². The third kappa shape index (κ3) is 10.0. The fourth-order valence-electron chi connectivity index (χ4n) is 1.04. The zero-order valence-electron chi connectivity index (χ0n) is 9.08. The van der Waals surface area contributed by atoms with Crippen molar-refractivity contribution in [1.82, 2.24) is 0 Å². The minimum atomic E-state index is -0.613. The zero-order chi connectivity index (χ0) is 10.3. The van der Waals surface area contributed by atoms with Gasteiger partial charge in [0.15, 0.2) is 0 Å². The number of rotatable bonds is 7. The Kier molecular flexibility index (Phi) is 7.57. The van der Waals surface area contributed by atoms with E-state index in [4.69, 9.17) is 5.73 Å². The molecule has 0 aliphatic carbocycles. The molecular weight excluding hydrogens is 182 g/mol. The Balaban J connectivity index is 3.30. The Morgan fingerprint density at radius 2 is 1.77 bits per heavy atom. The van der Waals surface area contributed by atoms with Gasteiger partial charge in [0, 0.05) is 28.3 Å². The smallest absolute Gasteiger partial charge is 0.0237 e. The highest BCUT2D eigenvalue weighted by Gasteiger charge is 2.02. The van der Waals surface area contributed by atoms with E-state index in [0.29, 0.717) is 5.92 Å². The lowest BCUT2D eigenvalue weighted by Crippen LogP contribution is -2.16. The average molecular weight is 205 g/mol. The van der Waals surface area contributed by atoms with Gasteiger partial charge in [-0.2, -0.15) is 0 Å². The summed E-state index contributed by atoms with van der Waals surface area (Å²) < 4.78 is 11.4. The summed E-state index contributed by atoms with van der Waals surface area (Å²) in [7, 11) is -0.613. The molecule has 0 saturated carbocycles. The third-order valence-electron chi connectivity index (χ3n) is 1.95. The van der Waals surface area contributed by atoms with Crippen molar-refractivity contribution in [2.24, 2.45) is 11.7 Å². The van der Waals surface area contributed by atoms with Crippen LogP contribution in [0.4, 0.5) is 0 Å². The molecule has 3 heteroatoms. The molecular formula is C10H23NOS. The van der Waals surface area contributed by atoms with Gasteiger partial charge >= 0.3 is 0 Å². The molecule has 0 aromatic carbocycles. The Morgan fingerprint density at radius 1 is 1.15 bits per heavy atom. The van der Waals surface area contributed by atoms with Gasteiger partial charge in [0.05, 0.1) is 0 Å². The minimum absolute atomic E-state index is 0.252. The van der Waals surface area contributed by atoms with Crippen molar-refractivity contribution in [3.05, 3.63) is 0 Å². The van der Waals surface area contributed by atoms with E-state index in [1.165, 1.54) is 0 Å². The highest BCUT2D eigenvalue weighted by molar-refractivity contribution is 7.84. The van der Waals surface area contributed by atoms with E-state index in [1.54, 1.807) is 0 Å². The molecule has 0 spiro atoms. The van der Waals surface area contributed by atoms with E-state index in [1.807, 2.05) is 6.92 Å². The molecule has 0 radical (unpaired) electrons. The average Bonchev–Trinajstić information content (AvgIpc) is 2.00. The largest absolute Gasteiger partial charge is 0.328 e. The first-order valence-electron chi connectivity index (χ1n) is 5.13. The van der Waals surface area contributed by atoms with Crippen LogP contribution in [0, 0.1) is 5.92 Å². The van der Waals surface area contributed by atoms with E-state index in [9.17, 15) is 4.21 Å². The van der Waals surface area contributed by atoms with Crippen molar-refractivity contribution in [1.29, 1.82) is 0 Å². The predicted octanol–water partition coefficient (Wildman–Crippen LogP) is 1.91. The standard InChI is InChI=1S/C10H23NOS/c1-9(2)6-8-13(12)7-4-5-10(3)11/h9-10H,4-8,11H2,1-3H3. The summed E-state index contributed by atoms with van der Waals surface area (Å²) in [6, 6.07) is 0.252. The molecule has 2 atom stereocenters. The monoisotopic (exact) mass is 205 g/mol. The van der Waals surface area contributed by atoms with Crippen LogP contribution in [0.5, 0.6) is 0 Å². The lowest BCUT2D eigenvalue weighted by molar-refractivity contribution is 0.614. The molecule has 2 nitrogen and oxygen atoms in total. The van der Waals surface area contributed by atoms with Crippen LogP contribution in [-0.4, -0.2) is 21.8 Å². The maximum atomic E-state index is 11.4. The van der Waals surface area contributed by atoms with E-state index < -0.39 is 10.8 Å². The molecule has 0 fully saturated rings.